The molecule has 3 aromatic rings. The molecule has 1 fully saturated rings. The van der Waals surface area contributed by atoms with Crippen LogP contribution in [0.15, 0.2) is 41.3 Å². The van der Waals surface area contributed by atoms with E-state index in [-0.39, 0.29) is 35.7 Å². The maximum atomic E-state index is 14.0. The Bertz CT molecular complexity index is 1210. The lowest BCUT2D eigenvalue weighted by Gasteiger charge is -2.29. The van der Waals surface area contributed by atoms with Crippen LogP contribution >= 0.6 is 0 Å². The minimum absolute atomic E-state index is 0.0114. The van der Waals surface area contributed by atoms with E-state index in [2.05, 4.69) is 16.8 Å². The van der Waals surface area contributed by atoms with E-state index in [0.717, 1.165) is 31.4 Å². The van der Waals surface area contributed by atoms with E-state index in [0.29, 0.717) is 22.3 Å². The second kappa shape index (κ2) is 8.45. The van der Waals surface area contributed by atoms with E-state index >= 15 is 0 Å². The molecule has 8 heteroatoms. The van der Waals surface area contributed by atoms with Crippen LogP contribution in [0.1, 0.15) is 48.5 Å². The number of halogens is 2. The van der Waals surface area contributed by atoms with Gasteiger partial charge in [0, 0.05) is 36.7 Å². The van der Waals surface area contributed by atoms with Crippen molar-refractivity contribution in [2.24, 2.45) is 0 Å². The van der Waals surface area contributed by atoms with Gasteiger partial charge in [0.1, 0.15) is 17.2 Å². The van der Waals surface area contributed by atoms with Crippen LogP contribution in [0.3, 0.4) is 0 Å². The summed E-state index contributed by atoms with van der Waals surface area (Å²) in [6.45, 7) is 2.74. The van der Waals surface area contributed by atoms with Gasteiger partial charge in [0.05, 0.1) is 5.69 Å². The van der Waals surface area contributed by atoms with Crippen molar-refractivity contribution in [1.82, 2.24) is 9.71 Å². The number of nitrogens with zero attached hydrogens (tertiary/aromatic N) is 3. The number of hydrogen-bond donors (Lipinski definition) is 1. The number of hydrogen-bond acceptors (Lipinski definition) is 5. The molecule has 0 unspecified atom stereocenters. The Morgan fingerprint density at radius 2 is 2.10 bits per heavy atom. The zero-order valence-electron chi connectivity index (χ0n) is 17.1. The summed E-state index contributed by atoms with van der Waals surface area (Å²) < 4.78 is 27.6. The van der Waals surface area contributed by atoms with Gasteiger partial charge in [-0.1, -0.05) is 13.0 Å². The summed E-state index contributed by atoms with van der Waals surface area (Å²) in [5.41, 5.74) is -0.202. The van der Waals surface area contributed by atoms with Gasteiger partial charge in [-0.05, 0) is 49.4 Å². The molecule has 4 rings (SSSR count). The summed E-state index contributed by atoms with van der Waals surface area (Å²) in [7, 11) is 0. The van der Waals surface area contributed by atoms with E-state index in [1.54, 1.807) is 12.1 Å². The first-order chi connectivity index (χ1) is 14.9. The second-order valence-corrected chi connectivity index (χ2v) is 7.77. The SMILES string of the molecule is CC[C@@H]1CCCN1c1c(C(=O)CCc2ccc(F)cc2F)c(=O)n(O)c2ncccc12. The second-order valence-electron chi connectivity index (χ2n) is 7.77. The molecule has 31 heavy (non-hydrogen) atoms. The monoisotopic (exact) mass is 427 g/mol. The Balaban J connectivity index is 1.80. The number of aryl methyl sites for hydroxylation is 1. The Morgan fingerprint density at radius 1 is 1.29 bits per heavy atom. The van der Waals surface area contributed by atoms with Crippen LogP contribution in [-0.2, 0) is 6.42 Å². The van der Waals surface area contributed by atoms with Crippen molar-refractivity contribution in [3.8, 4) is 0 Å². The van der Waals surface area contributed by atoms with Crippen LogP contribution in [0, 0.1) is 11.6 Å². The van der Waals surface area contributed by atoms with E-state index in [1.807, 2.05) is 0 Å². The fourth-order valence-electron chi connectivity index (χ4n) is 4.39. The number of benzene rings is 1. The third kappa shape index (κ3) is 3.78. The highest BCUT2D eigenvalue weighted by molar-refractivity contribution is 6.08. The summed E-state index contributed by atoms with van der Waals surface area (Å²) in [6, 6.07) is 6.77. The molecule has 162 valence electrons. The van der Waals surface area contributed by atoms with E-state index in [9.17, 15) is 23.6 Å². The van der Waals surface area contributed by atoms with Crippen LogP contribution in [0.4, 0.5) is 14.5 Å². The minimum atomic E-state index is -0.840. The van der Waals surface area contributed by atoms with Crippen LogP contribution in [0.25, 0.3) is 11.0 Å². The highest BCUT2D eigenvalue weighted by atomic mass is 19.1. The van der Waals surface area contributed by atoms with Crippen molar-refractivity contribution < 1.29 is 18.8 Å². The normalized spacial score (nSPS) is 16.2. The fraction of sp³-hybridized carbons (Fsp3) is 0.348. The molecular weight excluding hydrogens is 404 g/mol. The summed E-state index contributed by atoms with van der Waals surface area (Å²) >= 11 is 0. The predicted molar refractivity (Wildman–Crippen MR) is 113 cm³/mol. The summed E-state index contributed by atoms with van der Waals surface area (Å²) in [5, 5.41) is 10.9. The Morgan fingerprint density at radius 3 is 2.84 bits per heavy atom. The molecule has 2 aromatic heterocycles. The topological polar surface area (TPSA) is 75.4 Å². The quantitative estimate of drug-likeness (QED) is 0.473. The Kier molecular flexibility index (Phi) is 5.71. The number of carbonyl (C=O) groups excluding carboxylic acids is 1. The predicted octanol–water partition coefficient (Wildman–Crippen LogP) is 4.11. The van der Waals surface area contributed by atoms with E-state index in [1.165, 1.54) is 12.3 Å². The van der Waals surface area contributed by atoms with Gasteiger partial charge in [0.25, 0.3) is 5.56 Å². The zero-order chi connectivity index (χ0) is 22.1. The summed E-state index contributed by atoms with van der Waals surface area (Å²) in [6.07, 6.45) is 4.04. The van der Waals surface area contributed by atoms with Crippen LogP contribution in [-0.4, -0.2) is 33.3 Å². The summed E-state index contributed by atoms with van der Waals surface area (Å²) in [5.74, 6) is -1.93. The largest absolute Gasteiger partial charge is 0.423 e. The minimum Gasteiger partial charge on any atom is -0.423 e. The smallest absolute Gasteiger partial charge is 0.297 e. The number of ketones is 1. The molecule has 1 aliphatic heterocycles. The van der Waals surface area contributed by atoms with Crippen molar-refractivity contribution in [2.75, 3.05) is 11.4 Å². The molecular formula is C23H23F2N3O3. The lowest BCUT2D eigenvalue weighted by Crippen LogP contribution is -2.35. The molecule has 1 N–H and O–H groups in total. The molecule has 1 aromatic carbocycles. The third-order valence-corrected chi connectivity index (χ3v) is 5.94. The number of rotatable bonds is 6. The maximum Gasteiger partial charge on any atom is 0.297 e. The molecule has 0 amide bonds. The van der Waals surface area contributed by atoms with Crippen LogP contribution in [0.2, 0.25) is 0 Å². The molecule has 0 saturated carbocycles. The molecule has 0 bridgehead atoms. The average Bonchev–Trinajstić information content (AvgIpc) is 3.23. The van der Waals surface area contributed by atoms with Gasteiger partial charge in [0.15, 0.2) is 11.4 Å². The van der Waals surface area contributed by atoms with Crippen LogP contribution in [0.5, 0.6) is 0 Å². The molecule has 1 saturated heterocycles. The highest BCUT2D eigenvalue weighted by Crippen LogP contribution is 2.35. The lowest BCUT2D eigenvalue weighted by atomic mass is 9.99. The van der Waals surface area contributed by atoms with Crippen molar-refractivity contribution in [3.63, 3.8) is 0 Å². The maximum absolute atomic E-state index is 14.0. The van der Waals surface area contributed by atoms with Gasteiger partial charge in [-0.15, -0.1) is 4.73 Å². The van der Waals surface area contributed by atoms with Gasteiger partial charge in [-0.2, -0.15) is 0 Å². The Labute approximate surface area is 177 Å². The van der Waals surface area contributed by atoms with Gasteiger partial charge in [0.2, 0.25) is 0 Å². The van der Waals surface area contributed by atoms with E-state index in [4.69, 9.17) is 0 Å². The lowest BCUT2D eigenvalue weighted by molar-refractivity contribution is 0.0976. The van der Waals surface area contributed by atoms with Gasteiger partial charge >= 0.3 is 0 Å². The number of carbonyl (C=O) groups is 1. The first-order valence-corrected chi connectivity index (χ1v) is 10.4. The van der Waals surface area contributed by atoms with Crippen molar-refractivity contribution in [3.05, 3.63) is 69.6 Å². The number of pyridine rings is 2. The highest BCUT2D eigenvalue weighted by Gasteiger charge is 2.31. The van der Waals surface area contributed by atoms with E-state index < -0.39 is 23.0 Å². The molecule has 1 atom stereocenters. The molecule has 0 radical (unpaired) electrons. The molecule has 1 aliphatic rings. The van der Waals surface area contributed by atoms with Crippen molar-refractivity contribution in [2.45, 2.75) is 45.1 Å². The Hall–Kier alpha value is -3.29. The van der Waals surface area contributed by atoms with Gasteiger partial charge in [-0.3, -0.25) is 9.59 Å². The van der Waals surface area contributed by atoms with Crippen LogP contribution < -0.4 is 10.5 Å². The van der Waals surface area contributed by atoms with Crippen molar-refractivity contribution >= 4 is 22.5 Å². The summed E-state index contributed by atoms with van der Waals surface area (Å²) in [4.78, 5) is 32.4. The molecule has 0 aliphatic carbocycles. The first kappa shape index (κ1) is 21.0. The van der Waals surface area contributed by atoms with Crippen molar-refractivity contribution in [1.29, 1.82) is 0 Å². The molecule has 0 spiro atoms. The fourth-order valence-corrected chi connectivity index (χ4v) is 4.39. The average molecular weight is 427 g/mol. The number of Topliss-reactive ketones (excluding diaryl/α,β-unsaturated/α-hetero) is 1. The number of anilines is 1. The van der Waals surface area contributed by atoms with Gasteiger partial charge in [-0.25, -0.2) is 13.8 Å². The third-order valence-electron chi connectivity index (χ3n) is 5.94. The molecule has 6 nitrogen and oxygen atoms in total. The number of aromatic nitrogens is 2. The van der Waals surface area contributed by atoms with Gasteiger partial charge < -0.3 is 10.1 Å². The standard InChI is InChI=1S/C23H23F2N3O3/c1-2-16-5-4-12-27(16)21-17-6-3-11-26-22(17)28(31)23(30)20(21)19(29)10-8-14-7-9-15(24)13-18(14)25/h3,6-7,9,11,13,16,31H,2,4-5,8,10,12H2,1H3/t16-/m1/s1. The number of fused-ring (bicyclic) bond motifs is 1. The zero-order valence-corrected chi connectivity index (χ0v) is 17.1. The molecule has 3 heterocycles. The first-order valence-electron chi connectivity index (χ1n) is 10.4.